The van der Waals surface area contributed by atoms with Gasteiger partial charge in [0.05, 0.1) is 0 Å². The maximum Gasteiger partial charge on any atom is 0.320 e. The molecule has 0 heterocycles. The second kappa shape index (κ2) is 7.78. The van der Waals surface area contributed by atoms with Crippen molar-refractivity contribution in [2.45, 2.75) is 25.4 Å². The van der Waals surface area contributed by atoms with Gasteiger partial charge >= 0.3 is 5.97 Å². The van der Waals surface area contributed by atoms with Crippen molar-refractivity contribution < 1.29 is 14.7 Å². The van der Waals surface area contributed by atoms with Gasteiger partial charge in [0.2, 0.25) is 5.91 Å². The van der Waals surface area contributed by atoms with Crippen LogP contribution in [-0.4, -0.2) is 17.0 Å². The summed E-state index contributed by atoms with van der Waals surface area (Å²) in [5.41, 5.74) is 5.06. The fraction of sp³-hybridized carbons (Fsp3) is 0.273. The van der Waals surface area contributed by atoms with Gasteiger partial charge in [-0.2, -0.15) is 0 Å². The molecule has 4 N–H and O–H groups in total. The van der Waals surface area contributed by atoms with Crippen LogP contribution in [0, 0.1) is 10.8 Å². The van der Waals surface area contributed by atoms with Crippen molar-refractivity contribution in [3.05, 3.63) is 83.4 Å². The fourth-order valence-electron chi connectivity index (χ4n) is 3.93. The number of amides is 1. The first-order valence-corrected chi connectivity index (χ1v) is 9.42. The van der Waals surface area contributed by atoms with Crippen molar-refractivity contribution in [3.8, 4) is 0 Å². The number of carboxylic acids is 1. The molecule has 1 fully saturated rings. The van der Waals surface area contributed by atoms with Crippen LogP contribution in [0.15, 0.2) is 67.3 Å². The lowest BCUT2D eigenvalue weighted by atomic mass is 9.84. The SMILES string of the molecule is C=C[C@@]1(C[C@H](NCc2ccc(Cl)cc2)c2ccccc2)C[C@]1(C(N)=O)C(=O)O. The highest BCUT2D eigenvalue weighted by Crippen LogP contribution is 2.68. The molecule has 5 nitrogen and oxygen atoms in total. The van der Waals surface area contributed by atoms with Gasteiger partial charge < -0.3 is 16.2 Å². The molecule has 1 aliphatic rings. The molecular weight excluding hydrogens is 376 g/mol. The first-order valence-electron chi connectivity index (χ1n) is 9.04. The molecule has 1 saturated carbocycles. The van der Waals surface area contributed by atoms with E-state index < -0.39 is 22.7 Å². The zero-order valence-corrected chi connectivity index (χ0v) is 16.2. The van der Waals surface area contributed by atoms with Gasteiger partial charge in [0.25, 0.3) is 0 Å². The molecule has 0 radical (unpaired) electrons. The van der Waals surface area contributed by atoms with E-state index in [1.807, 2.05) is 54.6 Å². The summed E-state index contributed by atoms with van der Waals surface area (Å²) in [6, 6.07) is 17.1. The summed E-state index contributed by atoms with van der Waals surface area (Å²) in [6.07, 6.45) is 2.15. The number of primary amides is 1. The van der Waals surface area contributed by atoms with Gasteiger partial charge in [-0.1, -0.05) is 60.1 Å². The Morgan fingerprint density at radius 1 is 1.21 bits per heavy atom. The van der Waals surface area contributed by atoms with Gasteiger partial charge in [-0.25, -0.2) is 0 Å². The summed E-state index contributed by atoms with van der Waals surface area (Å²) < 4.78 is 0. The molecule has 6 heteroatoms. The molecule has 0 spiro atoms. The standard InChI is InChI=1S/C22H23ClN2O3/c1-2-21(14-22(21,19(24)26)20(27)28)12-18(16-6-4-3-5-7-16)25-13-15-8-10-17(23)11-9-15/h2-11,18,25H,1,12-14H2,(H2,24,26)(H,27,28)/t18-,21+,22-/m0/s1. The quantitative estimate of drug-likeness (QED) is 0.443. The Hall–Kier alpha value is -2.63. The summed E-state index contributed by atoms with van der Waals surface area (Å²) in [4.78, 5) is 23.8. The molecule has 0 bridgehead atoms. The summed E-state index contributed by atoms with van der Waals surface area (Å²) in [5, 5.41) is 13.8. The van der Waals surface area contributed by atoms with Crippen molar-refractivity contribution in [3.63, 3.8) is 0 Å². The summed E-state index contributed by atoms with van der Waals surface area (Å²) in [7, 11) is 0. The average molecular weight is 399 g/mol. The van der Waals surface area contributed by atoms with Gasteiger partial charge in [-0.15, -0.1) is 6.58 Å². The molecule has 0 saturated heterocycles. The highest BCUT2D eigenvalue weighted by molar-refractivity contribution is 6.30. The van der Waals surface area contributed by atoms with Crippen LogP contribution in [0.2, 0.25) is 5.02 Å². The van der Waals surface area contributed by atoms with Gasteiger partial charge in [0.1, 0.15) is 0 Å². The van der Waals surface area contributed by atoms with Gasteiger partial charge in [0, 0.05) is 23.0 Å². The fourth-order valence-corrected chi connectivity index (χ4v) is 4.06. The van der Waals surface area contributed by atoms with E-state index in [9.17, 15) is 14.7 Å². The Morgan fingerprint density at radius 3 is 2.36 bits per heavy atom. The number of allylic oxidation sites excluding steroid dienone is 1. The Morgan fingerprint density at radius 2 is 1.86 bits per heavy atom. The van der Waals surface area contributed by atoms with E-state index >= 15 is 0 Å². The third kappa shape index (κ3) is 3.55. The number of carbonyl (C=O) groups excluding carboxylic acids is 1. The minimum atomic E-state index is -1.59. The number of hydrogen-bond donors (Lipinski definition) is 3. The Labute approximate surface area is 169 Å². The van der Waals surface area contributed by atoms with E-state index in [1.165, 1.54) is 0 Å². The monoisotopic (exact) mass is 398 g/mol. The molecule has 1 aliphatic carbocycles. The molecule has 146 valence electrons. The molecular formula is C22H23ClN2O3. The topological polar surface area (TPSA) is 92.4 Å². The minimum Gasteiger partial charge on any atom is -0.480 e. The lowest BCUT2D eigenvalue weighted by Gasteiger charge is -2.26. The van der Waals surface area contributed by atoms with Crippen LogP contribution in [-0.2, 0) is 16.1 Å². The number of aliphatic carboxylic acids is 1. The number of rotatable bonds is 9. The van der Waals surface area contributed by atoms with E-state index in [0.29, 0.717) is 18.0 Å². The van der Waals surface area contributed by atoms with Crippen molar-refractivity contribution in [1.82, 2.24) is 5.32 Å². The maximum atomic E-state index is 12.0. The third-order valence-electron chi connectivity index (χ3n) is 5.72. The second-order valence-electron chi connectivity index (χ2n) is 7.29. The Balaban J connectivity index is 1.85. The van der Waals surface area contributed by atoms with Crippen molar-refractivity contribution >= 4 is 23.5 Å². The number of carboxylic acid groups (broad SMARTS) is 1. The average Bonchev–Trinajstić information content (AvgIpc) is 3.38. The first-order chi connectivity index (χ1) is 13.3. The van der Waals surface area contributed by atoms with Crippen LogP contribution in [0.3, 0.4) is 0 Å². The number of benzene rings is 2. The smallest absolute Gasteiger partial charge is 0.320 e. The number of halogens is 1. The minimum absolute atomic E-state index is 0.167. The summed E-state index contributed by atoms with van der Waals surface area (Å²) in [6.45, 7) is 4.39. The van der Waals surface area contributed by atoms with Crippen LogP contribution in [0.5, 0.6) is 0 Å². The predicted molar refractivity (Wildman–Crippen MR) is 109 cm³/mol. The second-order valence-corrected chi connectivity index (χ2v) is 7.72. The Kier molecular flexibility index (Phi) is 5.59. The van der Waals surface area contributed by atoms with Crippen molar-refractivity contribution in [1.29, 1.82) is 0 Å². The van der Waals surface area contributed by atoms with Crippen LogP contribution < -0.4 is 11.1 Å². The molecule has 0 aromatic heterocycles. The van der Waals surface area contributed by atoms with E-state index in [4.69, 9.17) is 17.3 Å². The van der Waals surface area contributed by atoms with Crippen molar-refractivity contribution in [2.24, 2.45) is 16.6 Å². The molecule has 2 aromatic rings. The van der Waals surface area contributed by atoms with Gasteiger partial charge in [0.15, 0.2) is 5.41 Å². The largest absolute Gasteiger partial charge is 0.480 e. The van der Waals surface area contributed by atoms with E-state index in [0.717, 1.165) is 11.1 Å². The van der Waals surface area contributed by atoms with Crippen LogP contribution in [0.4, 0.5) is 0 Å². The molecule has 3 rings (SSSR count). The van der Waals surface area contributed by atoms with Crippen LogP contribution in [0.1, 0.15) is 30.0 Å². The Bertz CT molecular complexity index is 868. The maximum absolute atomic E-state index is 12.0. The van der Waals surface area contributed by atoms with Gasteiger partial charge in [-0.3, -0.25) is 9.59 Å². The highest BCUT2D eigenvalue weighted by atomic mass is 35.5. The molecule has 1 amide bonds. The van der Waals surface area contributed by atoms with E-state index in [1.54, 1.807) is 6.08 Å². The molecule has 3 atom stereocenters. The van der Waals surface area contributed by atoms with Gasteiger partial charge in [-0.05, 0) is 36.1 Å². The normalized spacial score (nSPS) is 24.3. The number of nitrogens with one attached hydrogen (secondary N) is 1. The highest BCUT2D eigenvalue weighted by Gasteiger charge is 2.75. The zero-order chi connectivity index (χ0) is 20.4. The summed E-state index contributed by atoms with van der Waals surface area (Å²) >= 11 is 5.94. The van der Waals surface area contributed by atoms with Crippen LogP contribution >= 0.6 is 11.6 Å². The lowest BCUT2D eigenvalue weighted by Crippen LogP contribution is -2.38. The molecule has 0 unspecified atom stereocenters. The molecule has 2 aromatic carbocycles. The number of hydrogen-bond acceptors (Lipinski definition) is 3. The summed E-state index contributed by atoms with van der Waals surface area (Å²) in [5.74, 6) is -2.01. The van der Waals surface area contributed by atoms with Crippen molar-refractivity contribution in [2.75, 3.05) is 0 Å². The van der Waals surface area contributed by atoms with E-state index in [2.05, 4.69) is 11.9 Å². The third-order valence-corrected chi connectivity index (χ3v) is 5.97. The van der Waals surface area contributed by atoms with Crippen LogP contribution in [0.25, 0.3) is 0 Å². The first kappa shape index (κ1) is 20.1. The lowest BCUT2D eigenvalue weighted by molar-refractivity contribution is -0.149. The predicted octanol–water partition coefficient (Wildman–Crippen LogP) is 3.69. The molecule has 28 heavy (non-hydrogen) atoms. The molecule has 0 aliphatic heterocycles. The number of nitrogens with two attached hydrogens (primary N) is 1. The van der Waals surface area contributed by atoms with E-state index in [-0.39, 0.29) is 12.5 Å². The zero-order valence-electron chi connectivity index (χ0n) is 15.4. The number of carbonyl (C=O) groups is 2.